The third kappa shape index (κ3) is 4.82. The highest BCUT2D eigenvalue weighted by Crippen LogP contribution is 2.42. The van der Waals surface area contributed by atoms with E-state index in [1.807, 2.05) is 38.1 Å². The van der Waals surface area contributed by atoms with Crippen molar-refractivity contribution >= 4 is 28.8 Å². The van der Waals surface area contributed by atoms with Gasteiger partial charge in [0.1, 0.15) is 17.6 Å². The molecule has 1 unspecified atom stereocenters. The molecule has 2 heterocycles. The molecule has 1 amide bonds. The first-order valence-corrected chi connectivity index (χ1v) is 11.9. The van der Waals surface area contributed by atoms with Crippen LogP contribution in [0.15, 0.2) is 72.4 Å². The number of ether oxygens (including phenoxy) is 1. The van der Waals surface area contributed by atoms with Gasteiger partial charge in [-0.25, -0.2) is 0 Å². The van der Waals surface area contributed by atoms with E-state index < -0.39 is 17.7 Å². The van der Waals surface area contributed by atoms with E-state index in [2.05, 4.69) is 18.8 Å². The summed E-state index contributed by atoms with van der Waals surface area (Å²) in [6.45, 7) is 6.59. The summed E-state index contributed by atoms with van der Waals surface area (Å²) < 4.78 is 5.85. The van der Waals surface area contributed by atoms with Crippen LogP contribution in [0.2, 0.25) is 0 Å². The Morgan fingerprint density at radius 2 is 1.81 bits per heavy atom. The van der Waals surface area contributed by atoms with Gasteiger partial charge in [-0.05, 0) is 73.0 Å². The maximum absolute atomic E-state index is 13.3. The molecule has 4 rings (SSSR count). The minimum atomic E-state index is -0.867. The summed E-state index contributed by atoms with van der Waals surface area (Å²) in [5, 5.41) is 11.4. The number of aromatic nitrogens is 1. The van der Waals surface area contributed by atoms with Gasteiger partial charge in [0.15, 0.2) is 0 Å². The van der Waals surface area contributed by atoms with Gasteiger partial charge in [-0.2, -0.15) is 0 Å². The number of aliphatic hydroxyl groups excluding tert-OH is 1. The zero-order chi connectivity index (χ0) is 26.0. The molecule has 36 heavy (non-hydrogen) atoms. The number of nitrogens with zero attached hydrogens (tertiary/aromatic N) is 3. The molecule has 0 saturated carbocycles. The Balaban J connectivity index is 1.81. The van der Waals surface area contributed by atoms with Crippen molar-refractivity contribution < 1.29 is 19.4 Å². The van der Waals surface area contributed by atoms with Crippen LogP contribution < -0.4 is 14.5 Å². The van der Waals surface area contributed by atoms with E-state index in [4.69, 9.17) is 4.74 Å². The van der Waals surface area contributed by atoms with E-state index in [0.29, 0.717) is 35.2 Å². The molecule has 1 N–H and O–H groups in total. The van der Waals surface area contributed by atoms with Gasteiger partial charge in [0.2, 0.25) is 0 Å². The summed E-state index contributed by atoms with van der Waals surface area (Å²) in [5.41, 5.74) is 3.26. The monoisotopic (exact) mass is 485 g/mol. The summed E-state index contributed by atoms with van der Waals surface area (Å²) in [6.07, 6.45) is 1.61. The minimum absolute atomic E-state index is 0.00522. The first-order chi connectivity index (χ1) is 17.2. The van der Waals surface area contributed by atoms with E-state index in [9.17, 15) is 14.7 Å². The van der Waals surface area contributed by atoms with E-state index in [1.165, 1.54) is 4.90 Å². The quantitative estimate of drug-likeness (QED) is 0.284. The Hall–Kier alpha value is -4.13. The predicted molar refractivity (Wildman–Crippen MR) is 141 cm³/mol. The van der Waals surface area contributed by atoms with Crippen LogP contribution >= 0.6 is 0 Å². The van der Waals surface area contributed by atoms with E-state index in [1.54, 1.807) is 54.7 Å². The van der Waals surface area contributed by atoms with Gasteiger partial charge in [0.05, 0.1) is 17.9 Å². The Morgan fingerprint density at radius 3 is 2.39 bits per heavy atom. The van der Waals surface area contributed by atoms with Gasteiger partial charge in [0.25, 0.3) is 11.7 Å². The van der Waals surface area contributed by atoms with Gasteiger partial charge in [-0.3, -0.25) is 19.5 Å². The van der Waals surface area contributed by atoms with Crippen molar-refractivity contribution in [1.82, 2.24) is 4.98 Å². The number of hydrogen-bond donors (Lipinski definition) is 1. The van der Waals surface area contributed by atoms with Crippen molar-refractivity contribution in [2.45, 2.75) is 26.8 Å². The van der Waals surface area contributed by atoms with Gasteiger partial charge in [-0.15, -0.1) is 0 Å². The largest absolute Gasteiger partial charge is 0.507 e. The number of Topliss-reactive ketones (excluding diaryl/α,β-unsaturated/α-hetero) is 1. The number of anilines is 2. The van der Waals surface area contributed by atoms with E-state index in [0.717, 1.165) is 11.3 Å². The topological polar surface area (TPSA) is 83.0 Å². The molecule has 0 bridgehead atoms. The highest BCUT2D eigenvalue weighted by molar-refractivity contribution is 6.51. The highest BCUT2D eigenvalue weighted by Gasteiger charge is 2.47. The van der Waals surface area contributed by atoms with Gasteiger partial charge in [0, 0.05) is 37.2 Å². The number of aryl methyl sites for hydroxylation is 1. The first kappa shape index (κ1) is 25.0. The first-order valence-electron chi connectivity index (χ1n) is 11.9. The smallest absolute Gasteiger partial charge is 0.300 e. The average Bonchev–Trinajstić information content (AvgIpc) is 3.13. The molecular formula is C29H31N3O4. The van der Waals surface area contributed by atoms with Crippen molar-refractivity contribution in [3.05, 3.63) is 89.3 Å². The van der Waals surface area contributed by atoms with Crippen LogP contribution in [0.4, 0.5) is 11.4 Å². The van der Waals surface area contributed by atoms with Crippen LogP contribution in [0.1, 0.15) is 36.7 Å². The number of rotatable bonds is 7. The van der Waals surface area contributed by atoms with Crippen molar-refractivity contribution in [1.29, 1.82) is 0 Å². The Kier molecular flexibility index (Phi) is 7.10. The molecule has 1 aliphatic heterocycles. The molecule has 1 aromatic heterocycles. The summed E-state index contributed by atoms with van der Waals surface area (Å²) in [4.78, 5) is 34.4. The third-order valence-electron chi connectivity index (χ3n) is 6.08. The maximum Gasteiger partial charge on any atom is 0.300 e. The molecular weight excluding hydrogens is 454 g/mol. The van der Waals surface area contributed by atoms with Crippen molar-refractivity contribution in [2.75, 3.05) is 30.5 Å². The lowest BCUT2D eigenvalue weighted by molar-refractivity contribution is -0.132. The third-order valence-corrected chi connectivity index (χ3v) is 6.08. The Bertz CT molecular complexity index is 1300. The standard InChI is InChI=1S/C29H31N3O4/c1-18(2)17-36-24-14-9-20(16-19(24)3)27(33)25-26(23-8-6-7-15-30-23)32(29(35)28(25)34)22-12-10-21(11-13-22)31(4)5/h6-16,18,26,33H,17H2,1-5H3/b27-25-. The molecule has 1 saturated heterocycles. The molecule has 1 fully saturated rings. The Labute approximate surface area is 211 Å². The molecule has 7 heteroatoms. The lowest BCUT2D eigenvalue weighted by Gasteiger charge is -2.25. The Morgan fingerprint density at radius 1 is 1.08 bits per heavy atom. The number of hydrogen-bond acceptors (Lipinski definition) is 6. The van der Waals surface area contributed by atoms with E-state index >= 15 is 0 Å². The van der Waals surface area contributed by atoms with Crippen molar-refractivity contribution in [3.63, 3.8) is 0 Å². The van der Waals surface area contributed by atoms with Gasteiger partial charge in [-0.1, -0.05) is 19.9 Å². The lowest BCUT2D eigenvalue weighted by atomic mass is 9.97. The summed E-state index contributed by atoms with van der Waals surface area (Å²) >= 11 is 0. The molecule has 0 spiro atoms. The second kappa shape index (κ2) is 10.2. The molecule has 186 valence electrons. The van der Waals surface area contributed by atoms with Crippen LogP contribution in [0, 0.1) is 12.8 Å². The molecule has 7 nitrogen and oxygen atoms in total. The fourth-order valence-electron chi connectivity index (χ4n) is 4.20. The predicted octanol–water partition coefficient (Wildman–Crippen LogP) is 5.12. The van der Waals surface area contributed by atoms with Gasteiger partial charge < -0.3 is 14.7 Å². The number of carbonyl (C=O) groups excluding carboxylic acids is 2. The van der Waals surface area contributed by atoms with Crippen molar-refractivity contribution in [2.24, 2.45) is 5.92 Å². The molecule has 2 aromatic carbocycles. The zero-order valence-corrected chi connectivity index (χ0v) is 21.2. The summed E-state index contributed by atoms with van der Waals surface area (Å²) in [5.74, 6) is -0.618. The zero-order valence-electron chi connectivity index (χ0n) is 21.2. The van der Waals surface area contributed by atoms with Crippen LogP contribution in [0.5, 0.6) is 5.75 Å². The highest BCUT2D eigenvalue weighted by atomic mass is 16.5. The SMILES string of the molecule is Cc1cc(/C(O)=C2/C(=O)C(=O)N(c3ccc(N(C)C)cc3)C2c2ccccn2)ccc1OCC(C)C. The van der Waals surface area contributed by atoms with Crippen molar-refractivity contribution in [3.8, 4) is 5.75 Å². The second-order valence-corrected chi connectivity index (χ2v) is 9.52. The van der Waals surface area contributed by atoms with Crippen LogP contribution in [-0.4, -0.2) is 42.5 Å². The lowest BCUT2D eigenvalue weighted by Crippen LogP contribution is -2.29. The van der Waals surface area contributed by atoms with Gasteiger partial charge >= 0.3 is 0 Å². The van der Waals surface area contributed by atoms with Crippen LogP contribution in [0.25, 0.3) is 5.76 Å². The number of benzene rings is 2. The average molecular weight is 486 g/mol. The fraction of sp³-hybridized carbons (Fsp3) is 0.276. The fourth-order valence-corrected chi connectivity index (χ4v) is 4.20. The van der Waals surface area contributed by atoms with Crippen LogP contribution in [-0.2, 0) is 9.59 Å². The minimum Gasteiger partial charge on any atom is -0.507 e. The molecule has 0 radical (unpaired) electrons. The van der Waals surface area contributed by atoms with E-state index in [-0.39, 0.29) is 11.3 Å². The number of amides is 1. The normalized spacial score (nSPS) is 17.1. The number of aliphatic hydroxyl groups is 1. The number of ketones is 1. The molecule has 1 aliphatic rings. The molecule has 1 atom stereocenters. The molecule has 0 aliphatic carbocycles. The van der Waals surface area contributed by atoms with Crippen LogP contribution in [0.3, 0.4) is 0 Å². The number of carbonyl (C=O) groups is 2. The second-order valence-electron chi connectivity index (χ2n) is 9.52. The number of pyridine rings is 1. The maximum atomic E-state index is 13.3. The summed E-state index contributed by atoms with van der Waals surface area (Å²) in [6, 6.07) is 17.0. The molecule has 3 aromatic rings. The summed E-state index contributed by atoms with van der Waals surface area (Å²) in [7, 11) is 3.85.